The quantitative estimate of drug-likeness (QED) is 0.605. The van der Waals surface area contributed by atoms with Crippen molar-refractivity contribution in [2.24, 2.45) is 0 Å². The molecule has 1 rings (SSSR count). The third-order valence-corrected chi connectivity index (χ3v) is 2.26. The molecule has 0 amide bonds. The lowest BCUT2D eigenvalue weighted by molar-refractivity contribution is -0.142. The van der Waals surface area contributed by atoms with Crippen molar-refractivity contribution in [1.29, 1.82) is 0 Å². The van der Waals surface area contributed by atoms with Crippen molar-refractivity contribution in [1.82, 2.24) is 0 Å². The lowest BCUT2D eigenvalue weighted by atomic mass is 10.1. The van der Waals surface area contributed by atoms with Gasteiger partial charge in [-0.15, -0.1) is 11.6 Å². The van der Waals surface area contributed by atoms with Crippen molar-refractivity contribution in [3.05, 3.63) is 34.9 Å². The molecule has 0 unspecified atom stereocenters. The fourth-order valence-electron chi connectivity index (χ4n) is 1.30. The lowest BCUT2D eigenvalue weighted by Gasteiger charge is -2.06. The first-order valence-corrected chi connectivity index (χ1v) is 5.30. The first-order valence-electron chi connectivity index (χ1n) is 4.76. The molecule has 0 aliphatic carbocycles. The van der Waals surface area contributed by atoms with Gasteiger partial charge >= 0.3 is 5.97 Å². The van der Waals surface area contributed by atoms with Crippen LogP contribution in [0.3, 0.4) is 0 Å². The van der Waals surface area contributed by atoms with Gasteiger partial charge in [-0.2, -0.15) is 0 Å². The SMILES string of the molecule is CCOC(=O)Cc1cc(F)cc(CCl)c1F. The normalized spacial score (nSPS) is 10.2. The Morgan fingerprint density at radius 3 is 2.56 bits per heavy atom. The largest absolute Gasteiger partial charge is 0.466 e. The molecular weight excluding hydrogens is 238 g/mol. The molecule has 0 N–H and O–H groups in total. The fraction of sp³-hybridized carbons (Fsp3) is 0.364. The molecule has 0 fully saturated rings. The molecule has 0 aliphatic heterocycles. The molecule has 2 nitrogen and oxygen atoms in total. The average molecular weight is 249 g/mol. The second-order valence-corrected chi connectivity index (χ2v) is 3.42. The number of alkyl halides is 1. The zero-order chi connectivity index (χ0) is 12.1. The van der Waals surface area contributed by atoms with Crippen LogP contribution >= 0.6 is 11.6 Å². The minimum atomic E-state index is -0.649. The van der Waals surface area contributed by atoms with Crippen LogP contribution in [0.25, 0.3) is 0 Å². The van der Waals surface area contributed by atoms with E-state index in [9.17, 15) is 13.6 Å². The maximum atomic E-state index is 13.6. The Morgan fingerprint density at radius 2 is 2.00 bits per heavy atom. The highest BCUT2D eigenvalue weighted by molar-refractivity contribution is 6.17. The summed E-state index contributed by atoms with van der Waals surface area (Å²) in [5, 5.41) is 0. The lowest BCUT2D eigenvalue weighted by Crippen LogP contribution is -2.10. The van der Waals surface area contributed by atoms with E-state index in [4.69, 9.17) is 11.6 Å². The highest BCUT2D eigenvalue weighted by atomic mass is 35.5. The van der Waals surface area contributed by atoms with E-state index in [1.165, 1.54) is 0 Å². The van der Waals surface area contributed by atoms with Crippen LogP contribution < -0.4 is 0 Å². The van der Waals surface area contributed by atoms with Crippen LogP contribution in [-0.2, 0) is 21.8 Å². The summed E-state index contributed by atoms with van der Waals surface area (Å²) in [6.07, 6.45) is -0.290. The molecule has 88 valence electrons. The van der Waals surface area contributed by atoms with Crippen LogP contribution in [0.1, 0.15) is 18.1 Å². The van der Waals surface area contributed by atoms with Gasteiger partial charge in [-0.1, -0.05) is 0 Å². The molecule has 0 aliphatic rings. The topological polar surface area (TPSA) is 26.3 Å². The Labute approximate surface area is 97.2 Å². The molecule has 0 bridgehead atoms. The fourth-order valence-corrected chi connectivity index (χ4v) is 1.50. The number of esters is 1. The number of ether oxygens (including phenoxy) is 1. The molecule has 0 saturated carbocycles. The van der Waals surface area contributed by atoms with E-state index in [0.717, 1.165) is 12.1 Å². The van der Waals surface area contributed by atoms with Crippen molar-refractivity contribution in [3.63, 3.8) is 0 Å². The van der Waals surface area contributed by atoms with E-state index in [0.29, 0.717) is 0 Å². The van der Waals surface area contributed by atoms with Gasteiger partial charge in [0.25, 0.3) is 0 Å². The van der Waals surface area contributed by atoms with Crippen molar-refractivity contribution in [2.45, 2.75) is 19.2 Å². The van der Waals surface area contributed by atoms with Gasteiger partial charge in [0.2, 0.25) is 0 Å². The summed E-state index contributed by atoms with van der Waals surface area (Å²) in [4.78, 5) is 11.1. The summed E-state index contributed by atoms with van der Waals surface area (Å²) in [6, 6.07) is 1.99. The molecule has 0 spiro atoms. The van der Waals surface area contributed by atoms with Gasteiger partial charge in [-0.05, 0) is 19.1 Å². The van der Waals surface area contributed by atoms with Crippen molar-refractivity contribution in [2.75, 3.05) is 6.61 Å². The Bertz CT molecular complexity index is 394. The third-order valence-electron chi connectivity index (χ3n) is 1.97. The van der Waals surface area contributed by atoms with Crippen LogP contribution in [0.5, 0.6) is 0 Å². The van der Waals surface area contributed by atoms with E-state index in [1.54, 1.807) is 6.92 Å². The average Bonchev–Trinajstić information content (AvgIpc) is 2.23. The summed E-state index contributed by atoms with van der Waals surface area (Å²) in [6.45, 7) is 1.85. The molecule has 0 aromatic heterocycles. The van der Waals surface area contributed by atoms with Gasteiger partial charge in [0.15, 0.2) is 0 Å². The summed E-state index contributed by atoms with van der Waals surface area (Å²) < 4.78 is 31.3. The number of rotatable bonds is 4. The number of hydrogen-bond donors (Lipinski definition) is 0. The highest BCUT2D eigenvalue weighted by Gasteiger charge is 2.14. The zero-order valence-electron chi connectivity index (χ0n) is 8.73. The molecule has 16 heavy (non-hydrogen) atoms. The minimum Gasteiger partial charge on any atom is -0.466 e. The Morgan fingerprint density at radius 1 is 1.38 bits per heavy atom. The predicted octanol–water partition coefficient (Wildman–Crippen LogP) is 2.81. The smallest absolute Gasteiger partial charge is 0.310 e. The Hall–Kier alpha value is -1.16. The van der Waals surface area contributed by atoms with Crippen molar-refractivity contribution < 1.29 is 18.3 Å². The third kappa shape index (κ3) is 3.17. The van der Waals surface area contributed by atoms with Crippen LogP contribution in [0.2, 0.25) is 0 Å². The summed E-state index contributed by atoms with van der Waals surface area (Å²) >= 11 is 5.45. The van der Waals surface area contributed by atoms with E-state index in [-0.39, 0.29) is 30.0 Å². The van der Waals surface area contributed by atoms with E-state index >= 15 is 0 Å². The Balaban J connectivity index is 2.95. The monoisotopic (exact) mass is 248 g/mol. The molecule has 5 heteroatoms. The van der Waals surface area contributed by atoms with Gasteiger partial charge < -0.3 is 4.74 Å². The second-order valence-electron chi connectivity index (χ2n) is 3.15. The minimum absolute atomic E-state index is 0.0332. The summed E-state index contributed by atoms with van der Waals surface area (Å²) in [5.74, 6) is -1.99. The maximum Gasteiger partial charge on any atom is 0.310 e. The van der Waals surface area contributed by atoms with E-state index < -0.39 is 17.6 Å². The predicted molar refractivity (Wildman–Crippen MR) is 56.3 cm³/mol. The van der Waals surface area contributed by atoms with Gasteiger partial charge in [0, 0.05) is 11.1 Å². The molecule has 1 aromatic carbocycles. The summed E-state index contributed by atoms with van der Waals surface area (Å²) in [7, 11) is 0. The molecule has 0 atom stereocenters. The van der Waals surface area contributed by atoms with Crippen LogP contribution in [0.4, 0.5) is 8.78 Å². The zero-order valence-corrected chi connectivity index (χ0v) is 9.48. The van der Waals surface area contributed by atoms with Crippen LogP contribution in [-0.4, -0.2) is 12.6 Å². The molecular formula is C11H11ClF2O2. The number of benzene rings is 1. The second kappa shape index (κ2) is 5.80. The summed E-state index contributed by atoms with van der Waals surface area (Å²) in [5.41, 5.74) is 0.00932. The molecule has 0 saturated heterocycles. The Kier molecular flexibility index (Phi) is 4.68. The van der Waals surface area contributed by atoms with Gasteiger partial charge in [0.05, 0.1) is 18.9 Å². The first-order chi connectivity index (χ1) is 7.58. The van der Waals surface area contributed by atoms with E-state index in [2.05, 4.69) is 4.74 Å². The maximum absolute atomic E-state index is 13.6. The number of halogens is 3. The standard InChI is InChI=1S/C11H11ClF2O2/c1-2-16-10(15)5-7-3-9(13)4-8(6-12)11(7)14/h3-4H,2,5-6H2,1H3. The number of carbonyl (C=O) groups excluding carboxylic acids is 1. The number of hydrogen-bond acceptors (Lipinski definition) is 2. The van der Waals surface area contributed by atoms with Crippen molar-refractivity contribution in [3.8, 4) is 0 Å². The molecule has 0 radical (unpaired) electrons. The van der Waals surface area contributed by atoms with E-state index in [1.807, 2.05) is 0 Å². The molecule has 1 aromatic rings. The highest BCUT2D eigenvalue weighted by Crippen LogP contribution is 2.18. The van der Waals surface area contributed by atoms with Crippen LogP contribution in [0, 0.1) is 11.6 Å². The van der Waals surface area contributed by atoms with Gasteiger partial charge in [-0.3, -0.25) is 4.79 Å². The number of carbonyl (C=O) groups is 1. The van der Waals surface area contributed by atoms with Gasteiger partial charge in [-0.25, -0.2) is 8.78 Å². The molecule has 0 heterocycles. The van der Waals surface area contributed by atoms with Crippen LogP contribution in [0.15, 0.2) is 12.1 Å². The first kappa shape index (κ1) is 12.9. The van der Waals surface area contributed by atoms with Crippen molar-refractivity contribution >= 4 is 17.6 Å². The van der Waals surface area contributed by atoms with Gasteiger partial charge in [0.1, 0.15) is 11.6 Å².